The molecule has 0 atom stereocenters. The van der Waals surface area contributed by atoms with Crippen molar-refractivity contribution in [3.05, 3.63) is 71.0 Å². The highest BCUT2D eigenvalue weighted by Gasteiger charge is 2.06. The van der Waals surface area contributed by atoms with E-state index in [-0.39, 0.29) is 12.4 Å². The SMILES string of the molecule is Cc1ccc(C)c(OCC(=O)NNC(=O)C=Cc2cccc(F)c2)c1. The quantitative estimate of drug-likeness (QED) is 0.648. The Morgan fingerprint density at radius 3 is 2.68 bits per heavy atom. The van der Waals surface area contributed by atoms with E-state index in [2.05, 4.69) is 10.9 Å². The van der Waals surface area contributed by atoms with Crippen molar-refractivity contribution < 1.29 is 18.7 Å². The van der Waals surface area contributed by atoms with Gasteiger partial charge in [-0.2, -0.15) is 0 Å². The monoisotopic (exact) mass is 342 g/mol. The van der Waals surface area contributed by atoms with Gasteiger partial charge in [-0.25, -0.2) is 4.39 Å². The van der Waals surface area contributed by atoms with Crippen molar-refractivity contribution in [3.8, 4) is 5.75 Å². The molecule has 0 saturated heterocycles. The number of benzene rings is 2. The van der Waals surface area contributed by atoms with E-state index in [0.29, 0.717) is 11.3 Å². The van der Waals surface area contributed by atoms with E-state index in [1.54, 1.807) is 12.1 Å². The molecule has 0 aliphatic rings. The number of ether oxygens (including phenoxy) is 1. The third kappa shape index (κ3) is 6.10. The summed E-state index contributed by atoms with van der Waals surface area (Å²) in [4.78, 5) is 23.3. The molecule has 6 heteroatoms. The van der Waals surface area contributed by atoms with Gasteiger partial charge in [0.2, 0.25) is 0 Å². The van der Waals surface area contributed by atoms with Gasteiger partial charge < -0.3 is 4.74 Å². The van der Waals surface area contributed by atoms with Crippen molar-refractivity contribution in [1.29, 1.82) is 0 Å². The van der Waals surface area contributed by atoms with E-state index in [0.717, 1.165) is 11.1 Å². The molecule has 0 bridgehead atoms. The Hall–Kier alpha value is -3.15. The molecule has 0 heterocycles. The number of rotatable bonds is 5. The molecule has 5 nitrogen and oxygen atoms in total. The van der Waals surface area contributed by atoms with Crippen LogP contribution < -0.4 is 15.6 Å². The van der Waals surface area contributed by atoms with Crippen LogP contribution in [0.5, 0.6) is 5.75 Å². The van der Waals surface area contributed by atoms with Gasteiger partial charge in [-0.1, -0.05) is 24.3 Å². The molecule has 2 N–H and O–H groups in total. The Morgan fingerprint density at radius 2 is 1.92 bits per heavy atom. The molecule has 0 radical (unpaired) electrons. The molecular formula is C19H19FN2O3. The van der Waals surface area contributed by atoms with Crippen molar-refractivity contribution in [1.82, 2.24) is 10.9 Å². The number of nitrogens with one attached hydrogen (secondary N) is 2. The van der Waals surface area contributed by atoms with E-state index < -0.39 is 11.8 Å². The summed E-state index contributed by atoms with van der Waals surface area (Å²) in [5.41, 5.74) is 6.96. The van der Waals surface area contributed by atoms with E-state index in [1.165, 1.54) is 24.3 Å². The lowest BCUT2D eigenvalue weighted by Crippen LogP contribution is -2.43. The summed E-state index contributed by atoms with van der Waals surface area (Å²) >= 11 is 0. The fourth-order valence-corrected chi connectivity index (χ4v) is 2.00. The maximum atomic E-state index is 13.0. The Labute approximate surface area is 145 Å². The highest BCUT2D eigenvalue weighted by molar-refractivity contribution is 5.93. The van der Waals surface area contributed by atoms with Crippen LogP contribution in [0.3, 0.4) is 0 Å². The second-order valence-corrected chi connectivity index (χ2v) is 5.48. The first-order chi connectivity index (χ1) is 11.9. The zero-order valence-corrected chi connectivity index (χ0v) is 14.0. The summed E-state index contributed by atoms with van der Waals surface area (Å²) < 4.78 is 18.4. The Morgan fingerprint density at radius 1 is 1.12 bits per heavy atom. The van der Waals surface area contributed by atoms with Crippen molar-refractivity contribution in [3.63, 3.8) is 0 Å². The first kappa shape index (κ1) is 18.2. The van der Waals surface area contributed by atoms with Gasteiger partial charge in [0.25, 0.3) is 11.8 Å². The minimum Gasteiger partial charge on any atom is -0.483 e. The number of hydrogen-bond acceptors (Lipinski definition) is 3. The van der Waals surface area contributed by atoms with Crippen LogP contribution in [-0.4, -0.2) is 18.4 Å². The molecule has 0 fully saturated rings. The van der Waals surface area contributed by atoms with Gasteiger partial charge >= 0.3 is 0 Å². The van der Waals surface area contributed by atoms with Gasteiger partial charge in [0.15, 0.2) is 6.61 Å². The predicted molar refractivity (Wildman–Crippen MR) is 93.1 cm³/mol. The number of carbonyl (C=O) groups excluding carboxylic acids is 2. The first-order valence-electron chi connectivity index (χ1n) is 7.66. The van der Waals surface area contributed by atoms with Crippen LogP contribution in [0.15, 0.2) is 48.5 Å². The zero-order chi connectivity index (χ0) is 18.2. The third-order valence-corrected chi connectivity index (χ3v) is 3.30. The van der Waals surface area contributed by atoms with Gasteiger partial charge in [-0.05, 0) is 54.8 Å². The predicted octanol–water partition coefficient (Wildman–Crippen LogP) is 2.68. The number of hydrogen-bond donors (Lipinski definition) is 2. The summed E-state index contributed by atoms with van der Waals surface area (Å²) in [6, 6.07) is 11.5. The summed E-state index contributed by atoms with van der Waals surface area (Å²) in [6.07, 6.45) is 2.64. The van der Waals surface area contributed by atoms with Gasteiger partial charge in [0, 0.05) is 6.08 Å². The maximum absolute atomic E-state index is 13.0. The Balaban J connectivity index is 1.77. The fourth-order valence-electron chi connectivity index (χ4n) is 2.00. The van der Waals surface area contributed by atoms with Crippen molar-refractivity contribution in [2.45, 2.75) is 13.8 Å². The van der Waals surface area contributed by atoms with Crippen LogP contribution in [0.25, 0.3) is 6.08 Å². The zero-order valence-electron chi connectivity index (χ0n) is 14.0. The van der Waals surface area contributed by atoms with E-state index in [9.17, 15) is 14.0 Å². The summed E-state index contributed by atoms with van der Waals surface area (Å²) in [7, 11) is 0. The molecular weight excluding hydrogens is 323 g/mol. The van der Waals surface area contributed by atoms with Gasteiger partial charge in [0.1, 0.15) is 11.6 Å². The van der Waals surface area contributed by atoms with Crippen LogP contribution in [-0.2, 0) is 9.59 Å². The van der Waals surface area contributed by atoms with E-state index >= 15 is 0 Å². The largest absolute Gasteiger partial charge is 0.483 e. The van der Waals surface area contributed by atoms with Gasteiger partial charge in [-0.3, -0.25) is 20.4 Å². The molecule has 0 aliphatic carbocycles. The normalized spacial score (nSPS) is 10.5. The highest BCUT2D eigenvalue weighted by atomic mass is 19.1. The van der Waals surface area contributed by atoms with E-state index in [1.807, 2.05) is 32.0 Å². The van der Waals surface area contributed by atoms with Crippen LogP contribution in [0.4, 0.5) is 4.39 Å². The van der Waals surface area contributed by atoms with Crippen LogP contribution in [0, 0.1) is 19.7 Å². The molecule has 0 saturated carbocycles. The number of aryl methyl sites for hydroxylation is 2. The maximum Gasteiger partial charge on any atom is 0.276 e. The Bertz CT molecular complexity index is 803. The standard InChI is InChI=1S/C19H19FN2O3/c1-13-6-7-14(2)17(10-13)25-12-19(24)22-21-18(23)9-8-15-4-3-5-16(20)11-15/h3-11H,12H2,1-2H3,(H,21,23)(H,22,24). The lowest BCUT2D eigenvalue weighted by Gasteiger charge is -2.10. The second-order valence-electron chi connectivity index (χ2n) is 5.48. The lowest BCUT2D eigenvalue weighted by molar-refractivity contribution is -0.128. The van der Waals surface area contributed by atoms with Crippen molar-refractivity contribution >= 4 is 17.9 Å². The Kier molecular flexibility index (Phi) is 6.28. The number of hydrazine groups is 1. The van der Waals surface area contributed by atoms with Crippen molar-refractivity contribution in [2.24, 2.45) is 0 Å². The second kappa shape index (κ2) is 8.63. The topological polar surface area (TPSA) is 67.4 Å². The average molecular weight is 342 g/mol. The van der Waals surface area contributed by atoms with Crippen LogP contribution in [0.1, 0.15) is 16.7 Å². The van der Waals surface area contributed by atoms with Gasteiger partial charge in [0.05, 0.1) is 0 Å². The number of carbonyl (C=O) groups is 2. The first-order valence-corrected chi connectivity index (χ1v) is 7.66. The van der Waals surface area contributed by atoms with E-state index in [4.69, 9.17) is 4.74 Å². The molecule has 0 spiro atoms. The summed E-state index contributed by atoms with van der Waals surface area (Å²) in [5, 5.41) is 0. The van der Waals surface area contributed by atoms with Crippen LogP contribution >= 0.6 is 0 Å². The number of amides is 2. The number of halogens is 1. The fraction of sp³-hybridized carbons (Fsp3) is 0.158. The van der Waals surface area contributed by atoms with Crippen LogP contribution in [0.2, 0.25) is 0 Å². The minimum absolute atomic E-state index is 0.224. The molecule has 2 aromatic rings. The lowest BCUT2D eigenvalue weighted by atomic mass is 10.1. The minimum atomic E-state index is -0.538. The van der Waals surface area contributed by atoms with Crippen molar-refractivity contribution in [2.75, 3.05) is 6.61 Å². The summed E-state index contributed by atoms with van der Waals surface area (Å²) in [6.45, 7) is 3.58. The highest BCUT2D eigenvalue weighted by Crippen LogP contribution is 2.18. The third-order valence-electron chi connectivity index (χ3n) is 3.30. The molecule has 2 rings (SSSR count). The molecule has 130 valence electrons. The molecule has 2 amide bonds. The molecule has 0 aromatic heterocycles. The molecule has 0 unspecified atom stereocenters. The molecule has 25 heavy (non-hydrogen) atoms. The summed E-state index contributed by atoms with van der Waals surface area (Å²) in [5.74, 6) is -0.801. The average Bonchev–Trinajstić information content (AvgIpc) is 2.59. The molecule has 0 aliphatic heterocycles. The smallest absolute Gasteiger partial charge is 0.276 e. The molecule has 2 aromatic carbocycles. The van der Waals surface area contributed by atoms with Gasteiger partial charge in [-0.15, -0.1) is 0 Å².